The Bertz CT molecular complexity index is 410. The van der Waals surface area contributed by atoms with Crippen LogP contribution in [0.3, 0.4) is 0 Å². The number of hydrogen-bond acceptors (Lipinski definition) is 4. The smallest absolute Gasteiger partial charge is 0.252 e. The molecule has 0 spiro atoms. The zero-order chi connectivity index (χ0) is 12.1. The van der Waals surface area contributed by atoms with Crippen molar-refractivity contribution in [2.75, 3.05) is 18.5 Å². The summed E-state index contributed by atoms with van der Waals surface area (Å²) in [5.41, 5.74) is -0.128. The van der Waals surface area contributed by atoms with Crippen molar-refractivity contribution in [2.45, 2.75) is 38.7 Å². The van der Waals surface area contributed by atoms with Crippen molar-refractivity contribution in [3.8, 4) is 0 Å². The highest BCUT2D eigenvalue weighted by molar-refractivity contribution is 5.32. The van der Waals surface area contributed by atoms with Gasteiger partial charge in [-0.3, -0.25) is 4.79 Å². The average molecular weight is 237 g/mol. The highest BCUT2D eigenvalue weighted by Gasteiger charge is 2.14. The van der Waals surface area contributed by atoms with Crippen molar-refractivity contribution in [3.63, 3.8) is 0 Å². The predicted molar refractivity (Wildman–Crippen MR) is 66.3 cm³/mol. The summed E-state index contributed by atoms with van der Waals surface area (Å²) in [6.07, 6.45) is 5.37. The lowest BCUT2D eigenvalue weighted by atomic mass is 10.3. The molecule has 0 radical (unpaired) electrons. The second-order valence-corrected chi connectivity index (χ2v) is 4.42. The first kappa shape index (κ1) is 12.1. The number of rotatable bonds is 5. The number of nitrogens with zero attached hydrogens (tertiary/aromatic N) is 1. The summed E-state index contributed by atoms with van der Waals surface area (Å²) in [6.45, 7) is 3.12. The fourth-order valence-electron chi connectivity index (χ4n) is 2.13. The van der Waals surface area contributed by atoms with Gasteiger partial charge in [-0.1, -0.05) is 12.8 Å². The number of anilines is 1. The van der Waals surface area contributed by atoms with Gasteiger partial charge in [0.05, 0.1) is 12.7 Å². The number of aryl methyl sites for hydroxylation is 1. The maximum Gasteiger partial charge on any atom is 0.252 e. The third kappa shape index (κ3) is 3.85. The van der Waals surface area contributed by atoms with Crippen molar-refractivity contribution in [3.05, 3.63) is 22.2 Å². The average Bonchev–Trinajstić information content (AvgIpc) is 2.76. The van der Waals surface area contributed by atoms with Crippen LogP contribution in [0.5, 0.6) is 0 Å². The lowest BCUT2D eigenvalue weighted by Crippen LogP contribution is -2.18. The normalized spacial score (nSPS) is 16.3. The van der Waals surface area contributed by atoms with E-state index in [0.717, 1.165) is 0 Å². The molecule has 0 aliphatic heterocycles. The van der Waals surface area contributed by atoms with Crippen molar-refractivity contribution in [2.24, 2.45) is 0 Å². The minimum absolute atomic E-state index is 0.128. The summed E-state index contributed by atoms with van der Waals surface area (Å²) in [4.78, 5) is 18.0. The van der Waals surface area contributed by atoms with Crippen LogP contribution in [0, 0.1) is 6.92 Å². The first-order valence-corrected chi connectivity index (χ1v) is 6.17. The minimum atomic E-state index is -0.128. The Morgan fingerprint density at radius 2 is 2.29 bits per heavy atom. The Labute approximate surface area is 101 Å². The largest absolute Gasteiger partial charge is 0.376 e. The van der Waals surface area contributed by atoms with Gasteiger partial charge in [0.1, 0.15) is 11.6 Å². The molecule has 0 aromatic carbocycles. The molecular formula is C12H19N3O2. The van der Waals surface area contributed by atoms with Crippen LogP contribution < -0.4 is 10.9 Å². The summed E-state index contributed by atoms with van der Waals surface area (Å²) < 4.78 is 5.71. The lowest BCUT2D eigenvalue weighted by Gasteiger charge is -2.11. The van der Waals surface area contributed by atoms with Crippen LogP contribution >= 0.6 is 0 Å². The maximum atomic E-state index is 11.2. The molecule has 1 fully saturated rings. The first-order chi connectivity index (χ1) is 8.24. The van der Waals surface area contributed by atoms with E-state index in [1.165, 1.54) is 31.7 Å². The molecule has 1 heterocycles. The third-order valence-corrected chi connectivity index (χ3v) is 2.92. The maximum absolute atomic E-state index is 11.2. The fourth-order valence-corrected chi connectivity index (χ4v) is 2.13. The molecule has 1 aromatic heterocycles. The Kier molecular flexibility index (Phi) is 4.14. The molecule has 0 atom stereocenters. The van der Waals surface area contributed by atoms with Crippen LogP contribution in [0.4, 0.5) is 5.82 Å². The first-order valence-electron chi connectivity index (χ1n) is 6.17. The van der Waals surface area contributed by atoms with Gasteiger partial charge in [0, 0.05) is 12.6 Å². The second kappa shape index (κ2) is 5.82. The molecule has 1 aliphatic rings. The highest BCUT2D eigenvalue weighted by Crippen LogP contribution is 2.20. The molecule has 1 saturated carbocycles. The van der Waals surface area contributed by atoms with Crippen LogP contribution in [-0.4, -0.2) is 29.2 Å². The molecule has 17 heavy (non-hydrogen) atoms. The van der Waals surface area contributed by atoms with E-state index in [1.807, 2.05) is 0 Å². The van der Waals surface area contributed by atoms with E-state index in [-0.39, 0.29) is 5.56 Å². The van der Waals surface area contributed by atoms with E-state index >= 15 is 0 Å². The number of ether oxygens (including phenoxy) is 1. The standard InChI is InChI=1S/C12H19N3O2/c1-9-14-11(8-12(16)15-9)13-6-7-17-10-4-2-3-5-10/h8,10H,2-7H2,1H3,(H2,13,14,15,16). The fraction of sp³-hybridized carbons (Fsp3) is 0.667. The molecule has 1 aromatic rings. The summed E-state index contributed by atoms with van der Waals surface area (Å²) >= 11 is 0. The number of aromatic amines is 1. The van der Waals surface area contributed by atoms with Gasteiger partial charge < -0.3 is 15.0 Å². The Hall–Kier alpha value is -1.36. The van der Waals surface area contributed by atoms with Crippen molar-refractivity contribution in [1.82, 2.24) is 9.97 Å². The van der Waals surface area contributed by atoms with E-state index in [9.17, 15) is 4.79 Å². The summed E-state index contributed by atoms with van der Waals surface area (Å²) in [6, 6.07) is 1.46. The number of H-pyrrole nitrogens is 1. The molecule has 5 heteroatoms. The van der Waals surface area contributed by atoms with E-state index in [1.54, 1.807) is 6.92 Å². The minimum Gasteiger partial charge on any atom is -0.376 e. The van der Waals surface area contributed by atoms with Crippen molar-refractivity contribution < 1.29 is 4.74 Å². The van der Waals surface area contributed by atoms with Gasteiger partial charge in [-0.25, -0.2) is 4.98 Å². The van der Waals surface area contributed by atoms with Crippen LogP contribution in [0.25, 0.3) is 0 Å². The highest BCUT2D eigenvalue weighted by atomic mass is 16.5. The zero-order valence-corrected chi connectivity index (χ0v) is 10.2. The van der Waals surface area contributed by atoms with Crippen LogP contribution in [0.15, 0.2) is 10.9 Å². The van der Waals surface area contributed by atoms with Crippen LogP contribution in [-0.2, 0) is 4.74 Å². The van der Waals surface area contributed by atoms with Crippen molar-refractivity contribution >= 4 is 5.82 Å². The van der Waals surface area contributed by atoms with Gasteiger partial charge in [0.2, 0.25) is 0 Å². The molecule has 2 rings (SSSR count). The lowest BCUT2D eigenvalue weighted by molar-refractivity contribution is 0.0658. The molecule has 1 aliphatic carbocycles. The van der Waals surface area contributed by atoms with Gasteiger partial charge in [0.25, 0.3) is 5.56 Å². The Morgan fingerprint density at radius 3 is 3.00 bits per heavy atom. The number of nitrogens with one attached hydrogen (secondary N) is 2. The van der Waals surface area contributed by atoms with Crippen molar-refractivity contribution in [1.29, 1.82) is 0 Å². The van der Waals surface area contributed by atoms with E-state index in [0.29, 0.717) is 30.9 Å². The van der Waals surface area contributed by atoms with E-state index < -0.39 is 0 Å². The zero-order valence-electron chi connectivity index (χ0n) is 10.2. The molecule has 0 amide bonds. The van der Waals surface area contributed by atoms with Crippen LogP contribution in [0.2, 0.25) is 0 Å². The second-order valence-electron chi connectivity index (χ2n) is 4.42. The molecule has 0 saturated heterocycles. The quantitative estimate of drug-likeness (QED) is 0.761. The van der Waals surface area contributed by atoms with Gasteiger partial charge in [-0.05, 0) is 19.8 Å². The Balaban J connectivity index is 1.72. The molecule has 2 N–H and O–H groups in total. The molecule has 0 unspecified atom stereocenters. The van der Waals surface area contributed by atoms with Gasteiger partial charge in [-0.2, -0.15) is 0 Å². The predicted octanol–water partition coefficient (Wildman–Crippen LogP) is 1.45. The summed E-state index contributed by atoms with van der Waals surface area (Å²) in [7, 11) is 0. The topological polar surface area (TPSA) is 67.0 Å². The van der Waals surface area contributed by atoms with Gasteiger partial charge in [-0.15, -0.1) is 0 Å². The van der Waals surface area contributed by atoms with E-state index in [4.69, 9.17) is 4.74 Å². The van der Waals surface area contributed by atoms with E-state index in [2.05, 4.69) is 15.3 Å². The van der Waals surface area contributed by atoms with Crippen LogP contribution in [0.1, 0.15) is 31.5 Å². The third-order valence-electron chi connectivity index (χ3n) is 2.92. The molecule has 94 valence electrons. The Morgan fingerprint density at radius 1 is 1.53 bits per heavy atom. The SMILES string of the molecule is Cc1nc(NCCOC2CCCC2)cc(=O)[nH]1. The number of aromatic nitrogens is 2. The van der Waals surface area contributed by atoms with Gasteiger partial charge in [0.15, 0.2) is 0 Å². The molecular weight excluding hydrogens is 218 g/mol. The van der Waals surface area contributed by atoms with Gasteiger partial charge >= 0.3 is 0 Å². The summed E-state index contributed by atoms with van der Waals surface area (Å²) in [5.74, 6) is 1.23. The molecule has 0 bridgehead atoms. The number of hydrogen-bond donors (Lipinski definition) is 2. The monoisotopic (exact) mass is 237 g/mol. The summed E-state index contributed by atoms with van der Waals surface area (Å²) in [5, 5.41) is 3.09. The molecule has 5 nitrogen and oxygen atoms in total.